The van der Waals surface area contributed by atoms with Gasteiger partial charge in [-0.1, -0.05) is 6.92 Å². The molecule has 0 spiro atoms. The zero-order valence-electron chi connectivity index (χ0n) is 13.3. The molecule has 1 amide bonds. The van der Waals surface area contributed by atoms with E-state index in [0.717, 1.165) is 44.6 Å². The smallest absolute Gasteiger partial charge is 0.256 e. The van der Waals surface area contributed by atoms with Gasteiger partial charge in [0.1, 0.15) is 0 Å². The molecule has 0 aliphatic carbocycles. The molecule has 0 aromatic carbocycles. The number of carbonyl (C=O) groups excluding carboxylic acids is 1. The highest BCUT2D eigenvalue weighted by Crippen LogP contribution is 2.20. The second-order valence-electron chi connectivity index (χ2n) is 5.82. The van der Waals surface area contributed by atoms with Crippen LogP contribution in [-0.4, -0.2) is 60.5 Å². The summed E-state index contributed by atoms with van der Waals surface area (Å²) in [4.78, 5) is 21.1. The maximum atomic E-state index is 12.8. The number of carbonyl (C=O) groups is 1. The van der Waals surface area contributed by atoms with Crippen molar-refractivity contribution < 1.29 is 4.79 Å². The standard InChI is InChI=1S/C16H26N4O/c1-4-8-18-15-11-17-9-7-14(15)16(21)20(3)13-6-5-10-19(2)12-13/h7,9,11,13,18H,4-6,8,10,12H2,1-3H3. The topological polar surface area (TPSA) is 48.5 Å². The quantitative estimate of drug-likeness (QED) is 0.902. The number of anilines is 1. The van der Waals surface area contributed by atoms with Gasteiger partial charge in [0.25, 0.3) is 5.91 Å². The zero-order valence-corrected chi connectivity index (χ0v) is 13.3. The predicted molar refractivity (Wildman–Crippen MR) is 85.6 cm³/mol. The highest BCUT2D eigenvalue weighted by Gasteiger charge is 2.26. The van der Waals surface area contributed by atoms with Gasteiger partial charge in [0.05, 0.1) is 17.4 Å². The summed E-state index contributed by atoms with van der Waals surface area (Å²) < 4.78 is 0. The molecule has 0 bridgehead atoms. The van der Waals surface area contributed by atoms with Gasteiger partial charge >= 0.3 is 0 Å². The molecule has 1 aliphatic heterocycles. The van der Waals surface area contributed by atoms with E-state index in [1.165, 1.54) is 0 Å². The van der Waals surface area contributed by atoms with Crippen molar-refractivity contribution in [3.63, 3.8) is 0 Å². The van der Waals surface area contributed by atoms with E-state index in [1.807, 2.05) is 18.0 Å². The molecule has 1 atom stereocenters. The first kappa shape index (κ1) is 15.8. The second-order valence-corrected chi connectivity index (χ2v) is 5.82. The highest BCUT2D eigenvalue weighted by atomic mass is 16.2. The lowest BCUT2D eigenvalue weighted by molar-refractivity contribution is 0.0645. The van der Waals surface area contributed by atoms with Crippen molar-refractivity contribution in [3.8, 4) is 0 Å². The molecule has 21 heavy (non-hydrogen) atoms. The summed E-state index contributed by atoms with van der Waals surface area (Å²) in [5.74, 6) is 0.0799. The number of nitrogens with zero attached hydrogens (tertiary/aromatic N) is 3. The minimum Gasteiger partial charge on any atom is -0.383 e. The third kappa shape index (κ3) is 3.94. The molecule has 1 N–H and O–H groups in total. The molecular weight excluding hydrogens is 264 g/mol. The maximum absolute atomic E-state index is 12.8. The molecule has 116 valence electrons. The van der Waals surface area contributed by atoms with Crippen molar-refractivity contribution in [3.05, 3.63) is 24.0 Å². The average Bonchev–Trinajstić information content (AvgIpc) is 2.51. The molecule has 5 heteroatoms. The fourth-order valence-corrected chi connectivity index (χ4v) is 2.79. The van der Waals surface area contributed by atoms with Crippen LogP contribution >= 0.6 is 0 Å². The molecule has 1 aromatic heterocycles. The Balaban J connectivity index is 2.11. The lowest BCUT2D eigenvalue weighted by atomic mass is 10.0. The SMILES string of the molecule is CCCNc1cnccc1C(=O)N(C)C1CCCN(C)C1. The van der Waals surface area contributed by atoms with Gasteiger partial charge in [-0.15, -0.1) is 0 Å². The van der Waals surface area contributed by atoms with Crippen molar-refractivity contribution in [2.24, 2.45) is 0 Å². The Morgan fingerprint density at radius 1 is 1.57 bits per heavy atom. The fraction of sp³-hybridized carbons (Fsp3) is 0.625. The van der Waals surface area contributed by atoms with Crippen LogP contribution in [-0.2, 0) is 0 Å². The molecule has 1 aliphatic rings. The van der Waals surface area contributed by atoms with E-state index in [-0.39, 0.29) is 5.91 Å². The number of amides is 1. The van der Waals surface area contributed by atoms with Crippen LogP contribution in [0.3, 0.4) is 0 Å². The third-order valence-corrected chi connectivity index (χ3v) is 4.08. The minimum absolute atomic E-state index is 0.0799. The number of nitrogens with one attached hydrogen (secondary N) is 1. The summed E-state index contributed by atoms with van der Waals surface area (Å²) in [7, 11) is 4.03. The van der Waals surface area contributed by atoms with Gasteiger partial charge in [-0.2, -0.15) is 0 Å². The van der Waals surface area contributed by atoms with E-state index in [4.69, 9.17) is 0 Å². The monoisotopic (exact) mass is 290 g/mol. The summed E-state index contributed by atoms with van der Waals surface area (Å²) in [6, 6.07) is 2.10. The molecule has 1 unspecified atom stereocenters. The first-order valence-electron chi connectivity index (χ1n) is 7.77. The van der Waals surface area contributed by atoms with Crippen molar-refractivity contribution in [2.75, 3.05) is 39.0 Å². The first-order valence-corrected chi connectivity index (χ1v) is 7.77. The Morgan fingerprint density at radius 3 is 3.10 bits per heavy atom. The number of hydrogen-bond acceptors (Lipinski definition) is 4. The Bertz CT molecular complexity index is 477. The minimum atomic E-state index is 0.0799. The van der Waals surface area contributed by atoms with E-state index < -0.39 is 0 Å². The van der Waals surface area contributed by atoms with Gasteiger partial charge < -0.3 is 15.1 Å². The third-order valence-electron chi connectivity index (χ3n) is 4.08. The fourth-order valence-electron chi connectivity index (χ4n) is 2.79. The number of likely N-dealkylation sites (N-methyl/N-ethyl adjacent to an activating group) is 2. The van der Waals surface area contributed by atoms with Gasteiger partial charge in [-0.3, -0.25) is 9.78 Å². The van der Waals surface area contributed by atoms with Crippen LogP contribution in [0.4, 0.5) is 5.69 Å². The number of rotatable bonds is 5. The molecule has 0 saturated carbocycles. The van der Waals surface area contributed by atoms with Gasteiger partial charge in [0.15, 0.2) is 0 Å². The Kier molecular flexibility index (Phi) is 5.56. The summed E-state index contributed by atoms with van der Waals surface area (Å²) in [5, 5.41) is 3.29. The van der Waals surface area contributed by atoms with Crippen LogP contribution < -0.4 is 5.32 Å². The number of likely N-dealkylation sites (tertiary alicyclic amines) is 1. The first-order chi connectivity index (χ1) is 10.1. The molecule has 1 aromatic rings. The Morgan fingerprint density at radius 2 is 2.38 bits per heavy atom. The number of pyridine rings is 1. The maximum Gasteiger partial charge on any atom is 0.256 e. The zero-order chi connectivity index (χ0) is 15.2. The Hall–Kier alpha value is -1.62. The van der Waals surface area contributed by atoms with Crippen LogP contribution in [0, 0.1) is 0 Å². The van der Waals surface area contributed by atoms with Crippen molar-refractivity contribution in [1.29, 1.82) is 0 Å². The summed E-state index contributed by atoms with van der Waals surface area (Å²) in [5.41, 5.74) is 1.55. The van der Waals surface area contributed by atoms with Crippen molar-refractivity contribution in [1.82, 2.24) is 14.8 Å². The summed E-state index contributed by atoms with van der Waals surface area (Å²) >= 11 is 0. The van der Waals surface area contributed by atoms with E-state index in [0.29, 0.717) is 11.6 Å². The second kappa shape index (κ2) is 7.41. The van der Waals surface area contributed by atoms with E-state index in [9.17, 15) is 4.79 Å². The van der Waals surface area contributed by atoms with Crippen molar-refractivity contribution >= 4 is 11.6 Å². The summed E-state index contributed by atoms with van der Waals surface area (Å²) in [6.07, 6.45) is 6.67. The summed E-state index contributed by atoms with van der Waals surface area (Å²) in [6.45, 7) is 5.03. The number of aromatic nitrogens is 1. The van der Waals surface area contributed by atoms with Crippen LogP contribution in [0.25, 0.3) is 0 Å². The van der Waals surface area contributed by atoms with E-state index in [1.54, 1.807) is 12.4 Å². The van der Waals surface area contributed by atoms with Gasteiger partial charge in [-0.25, -0.2) is 0 Å². The lowest BCUT2D eigenvalue weighted by Crippen LogP contribution is -2.47. The number of hydrogen-bond donors (Lipinski definition) is 1. The normalized spacial score (nSPS) is 19.3. The lowest BCUT2D eigenvalue weighted by Gasteiger charge is -2.36. The van der Waals surface area contributed by atoms with Gasteiger partial charge in [0, 0.05) is 32.4 Å². The highest BCUT2D eigenvalue weighted by molar-refractivity contribution is 5.99. The Labute approximate surface area is 127 Å². The molecule has 5 nitrogen and oxygen atoms in total. The number of piperidine rings is 1. The van der Waals surface area contributed by atoms with Crippen LogP contribution in [0.2, 0.25) is 0 Å². The van der Waals surface area contributed by atoms with Crippen molar-refractivity contribution in [2.45, 2.75) is 32.2 Å². The largest absolute Gasteiger partial charge is 0.383 e. The van der Waals surface area contributed by atoms with E-state index >= 15 is 0 Å². The van der Waals surface area contributed by atoms with E-state index in [2.05, 4.69) is 29.2 Å². The molecule has 1 fully saturated rings. The van der Waals surface area contributed by atoms with Crippen LogP contribution in [0.15, 0.2) is 18.5 Å². The molecular formula is C16H26N4O. The molecule has 2 heterocycles. The average molecular weight is 290 g/mol. The molecule has 2 rings (SSSR count). The van der Waals surface area contributed by atoms with Crippen LogP contribution in [0.1, 0.15) is 36.5 Å². The predicted octanol–water partition coefficient (Wildman–Crippen LogP) is 2.07. The van der Waals surface area contributed by atoms with Crippen LogP contribution in [0.5, 0.6) is 0 Å². The molecule has 1 saturated heterocycles. The molecule has 0 radical (unpaired) electrons. The van der Waals surface area contributed by atoms with Gasteiger partial charge in [-0.05, 0) is 38.9 Å². The van der Waals surface area contributed by atoms with Gasteiger partial charge in [0.2, 0.25) is 0 Å².